The number of pyridine rings is 1. The highest BCUT2D eigenvalue weighted by molar-refractivity contribution is 5.93. The van der Waals surface area contributed by atoms with Gasteiger partial charge in [-0.3, -0.25) is 14.2 Å². The van der Waals surface area contributed by atoms with E-state index in [0.717, 1.165) is 18.5 Å². The first kappa shape index (κ1) is 17.4. The van der Waals surface area contributed by atoms with Crippen molar-refractivity contribution >= 4 is 11.6 Å². The second kappa shape index (κ2) is 7.63. The number of ether oxygens (including phenoxy) is 1. The average Bonchev–Trinajstić information content (AvgIpc) is 2.63. The zero-order valence-electron chi connectivity index (χ0n) is 14.2. The van der Waals surface area contributed by atoms with Gasteiger partial charge in [-0.2, -0.15) is 0 Å². The Hall–Kier alpha value is -2.44. The van der Waals surface area contributed by atoms with Crippen molar-refractivity contribution in [1.29, 1.82) is 0 Å². The number of anilines is 1. The third-order valence-corrected chi connectivity index (χ3v) is 4.76. The summed E-state index contributed by atoms with van der Waals surface area (Å²) in [6, 6.07) is 12.0. The molecule has 0 saturated heterocycles. The van der Waals surface area contributed by atoms with E-state index in [1.165, 1.54) is 6.07 Å². The van der Waals surface area contributed by atoms with Gasteiger partial charge in [0.25, 0.3) is 5.56 Å². The Bertz CT molecular complexity index is 785. The third kappa shape index (κ3) is 3.97. The fourth-order valence-corrected chi connectivity index (χ4v) is 3.25. The molecule has 1 amide bonds. The molecule has 1 aromatic carbocycles. The first-order valence-electron chi connectivity index (χ1n) is 8.46. The van der Waals surface area contributed by atoms with E-state index >= 15 is 0 Å². The van der Waals surface area contributed by atoms with Gasteiger partial charge >= 0.3 is 0 Å². The molecule has 3 N–H and O–H groups in total. The molecule has 1 aromatic heterocycles. The van der Waals surface area contributed by atoms with Crippen molar-refractivity contribution in [3.63, 3.8) is 0 Å². The van der Waals surface area contributed by atoms with Crippen molar-refractivity contribution in [3.8, 4) is 5.69 Å². The van der Waals surface area contributed by atoms with E-state index in [-0.39, 0.29) is 29.5 Å². The molecule has 1 heterocycles. The lowest BCUT2D eigenvalue weighted by atomic mass is 9.82. The second-order valence-corrected chi connectivity index (χ2v) is 6.39. The highest BCUT2D eigenvalue weighted by Crippen LogP contribution is 2.26. The minimum Gasteiger partial charge on any atom is -0.381 e. The van der Waals surface area contributed by atoms with Crippen LogP contribution in [0, 0.1) is 5.92 Å². The number of carbonyl (C=O) groups is 1. The Balaban J connectivity index is 1.70. The van der Waals surface area contributed by atoms with Crippen molar-refractivity contribution in [3.05, 3.63) is 59.0 Å². The van der Waals surface area contributed by atoms with Crippen molar-refractivity contribution in [2.45, 2.75) is 31.4 Å². The average molecular weight is 341 g/mol. The second-order valence-electron chi connectivity index (χ2n) is 6.39. The van der Waals surface area contributed by atoms with E-state index in [1.54, 1.807) is 54.3 Å². The smallest absolute Gasteiger partial charge is 0.255 e. The zero-order chi connectivity index (χ0) is 17.8. The van der Waals surface area contributed by atoms with E-state index in [4.69, 9.17) is 10.5 Å². The zero-order valence-corrected chi connectivity index (χ0v) is 14.2. The van der Waals surface area contributed by atoms with Crippen molar-refractivity contribution in [1.82, 2.24) is 4.57 Å². The largest absolute Gasteiger partial charge is 0.381 e. The van der Waals surface area contributed by atoms with Crippen LogP contribution in [0.2, 0.25) is 0 Å². The van der Waals surface area contributed by atoms with Crippen LogP contribution in [0.1, 0.15) is 19.3 Å². The van der Waals surface area contributed by atoms with Gasteiger partial charge < -0.3 is 15.8 Å². The van der Waals surface area contributed by atoms with Crippen LogP contribution < -0.4 is 16.6 Å². The maximum absolute atomic E-state index is 12.5. The first-order valence-corrected chi connectivity index (χ1v) is 8.46. The molecular formula is C19H23N3O3. The van der Waals surface area contributed by atoms with E-state index < -0.39 is 0 Å². The van der Waals surface area contributed by atoms with Crippen LogP contribution in [0.15, 0.2) is 53.5 Å². The molecule has 0 radical (unpaired) electrons. The van der Waals surface area contributed by atoms with Crippen LogP contribution in [0.4, 0.5) is 5.69 Å². The summed E-state index contributed by atoms with van der Waals surface area (Å²) < 4.78 is 6.93. The summed E-state index contributed by atoms with van der Waals surface area (Å²) >= 11 is 0. The van der Waals surface area contributed by atoms with Gasteiger partial charge in [0, 0.05) is 36.8 Å². The molecule has 25 heavy (non-hydrogen) atoms. The number of nitrogens with one attached hydrogen (secondary N) is 1. The molecule has 3 unspecified atom stereocenters. The molecule has 0 spiro atoms. The van der Waals surface area contributed by atoms with E-state index in [0.29, 0.717) is 12.1 Å². The third-order valence-electron chi connectivity index (χ3n) is 4.76. The predicted octanol–water partition coefficient (Wildman–Crippen LogP) is 1.92. The lowest BCUT2D eigenvalue weighted by Crippen LogP contribution is -2.44. The number of hydrogen-bond donors (Lipinski definition) is 2. The van der Waals surface area contributed by atoms with Gasteiger partial charge in [-0.25, -0.2) is 0 Å². The lowest BCUT2D eigenvalue weighted by Gasteiger charge is -2.32. The van der Waals surface area contributed by atoms with E-state index in [2.05, 4.69) is 5.32 Å². The highest BCUT2D eigenvalue weighted by atomic mass is 16.5. The Kier molecular flexibility index (Phi) is 5.31. The van der Waals surface area contributed by atoms with Crippen molar-refractivity contribution in [2.75, 3.05) is 12.4 Å². The van der Waals surface area contributed by atoms with Gasteiger partial charge in [0.05, 0.1) is 12.0 Å². The molecule has 0 aliphatic heterocycles. The standard InChI is InChI=1S/C19H23N3O3/c1-25-15-9-10-17(20)16(12-15)19(24)21-13-5-7-14(8-6-13)22-11-3-2-4-18(22)23/h2-8,11,15-17H,9-10,12,20H2,1H3,(H,21,24). The van der Waals surface area contributed by atoms with Gasteiger partial charge in [0.2, 0.25) is 5.91 Å². The Labute approximate surface area is 146 Å². The number of rotatable bonds is 4. The minimum absolute atomic E-state index is 0.0844. The van der Waals surface area contributed by atoms with E-state index in [9.17, 15) is 9.59 Å². The normalized spacial score (nSPS) is 23.2. The number of benzene rings is 1. The molecule has 6 nitrogen and oxygen atoms in total. The molecule has 3 atom stereocenters. The summed E-state index contributed by atoms with van der Waals surface area (Å²) in [5, 5.41) is 2.92. The monoisotopic (exact) mass is 341 g/mol. The van der Waals surface area contributed by atoms with E-state index in [1.807, 2.05) is 0 Å². The summed E-state index contributed by atoms with van der Waals surface area (Å²) in [5.41, 5.74) is 7.45. The Morgan fingerprint density at radius 3 is 2.64 bits per heavy atom. The lowest BCUT2D eigenvalue weighted by molar-refractivity contribution is -0.123. The van der Waals surface area contributed by atoms with Gasteiger partial charge in [-0.1, -0.05) is 6.07 Å². The van der Waals surface area contributed by atoms with Gasteiger partial charge in [-0.05, 0) is 49.6 Å². The summed E-state index contributed by atoms with van der Waals surface area (Å²) in [6.07, 6.45) is 4.11. The van der Waals surface area contributed by atoms with Crippen LogP contribution in [0.5, 0.6) is 0 Å². The summed E-state index contributed by atoms with van der Waals surface area (Å²) in [5.74, 6) is -0.339. The summed E-state index contributed by atoms with van der Waals surface area (Å²) in [6.45, 7) is 0. The molecule has 3 rings (SSSR count). The Morgan fingerprint density at radius 2 is 1.96 bits per heavy atom. The molecule has 6 heteroatoms. The maximum atomic E-state index is 12.5. The quantitative estimate of drug-likeness (QED) is 0.889. The minimum atomic E-state index is -0.255. The van der Waals surface area contributed by atoms with Crippen LogP contribution >= 0.6 is 0 Å². The number of hydrogen-bond acceptors (Lipinski definition) is 4. The summed E-state index contributed by atoms with van der Waals surface area (Å²) in [7, 11) is 1.67. The van der Waals surface area contributed by atoms with Gasteiger partial charge in [0.15, 0.2) is 0 Å². The summed E-state index contributed by atoms with van der Waals surface area (Å²) in [4.78, 5) is 24.4. The molecule has 1 saturated carbocycles. The number of aromatic nitrogens is 1. The van der Waals surface area contributed by atoms with Gasteiger partial charge in [-0.15, -0.1) is 0 Å². The van der Waals surface area contributed by atoms with Crippen LogP contribution in [-0.4, -0.2) is 29.7 Å². The van der Waals surface area contributed by atoms with Crippen LogP contribution in [-0.2, 0) is 9.53 Å². The number of amides is 1. The molecule has 1 aliphatic carbocycles. The SMILES string of the molecule is COC1CCC(N)C(C(=O)Nc2ccc(-n3ccccc3=O)cc2)C1. The fourth-order valence-electron chi connectivity index (χ4n) is 3.25. The molecule has 1 fully saturated rings. The predicted molar refractivity (Wildman–Crippen MR) is 96.8 cm³/mol. The molecule has 132 valence electrons. The number of nitrogens with two attached hydrogens (primary N) is 1. The van der Waals surface area contributed by atoms with Crippen LogP contribution in [0.25, 0.3) is 5.69 Å². The number of nitrogens with zero attached hydrogens (tertiary/aromatic N) is 1. The highest BCUT2D eigenvalue weighted by Gasteiger charge is 2.33. The molecular weight excluding hydrogens is 318 g/mol. The first-order chi connectivity index (χ1) is 12.1. The molecule has 1 aliphatic rings. The number of methoxy groups -OCH3 is 1. The number of carbonyl (C=O) groups excluding carboxylic acids is 1. The van der Waals surface area contributed by atoms with Crippen molar-refractivity contribution in [2.24, 2.45) is 11.7 Å². The topological polar surface area (TPSA) is 86.3 Å². The molecule has 0 bridgehead atoms. The Morgan fingerprint density at radius 1 is 1.20 bits per heavy atom. The fraction of sp³-hybridized carbons (Fsp3) is 0.368. The van der Waals surface area contributed by atoms with Gasteiger partial charge in [0.1, 0.15) is 0 Å². The molecule has 2 aromatic rings. The van der Waals surface area contributed by atoms with Crippen LogP contribution in [0.3, 0.4) is 0 Å². The van der Waals surface area contributed by atoms with Crippen molar-refractivity contribution < 1.29 is 9.53 Å². The maximum Gasteiger partial charge on any atom is 0.255 e.